The Kier molecular flexibility index (Phi) is 7.18. The van der Waals surface area contributed by atoms with Gasteiger partial charge in [-0.3, -0.25) is 10.0 Å². The second-order valence-corrected chi connectivity index (χ2v) is 10.3. The van der Waals surface area contributed by atoms with Gasteiger partial charge < -0.3 is 4.90 Å². The molecule has 8 nitrogen and oxygen atoms in total. The highest BCUT2D eigenvalue weighted by molar-refractivity contribution is 7.90. The molecule has 0 fully saturated rings. The predicted octanol–water partition coefficient (Wildman–Crippen LogP) is 3.13. The summed E-state index contributed by atoms with van der Waals surface area (Å²) in [5.41, 5.74) is 6.70. The van der Waals surface area contributed by atoms with Crippen LogP contribution in [0.5, 0.6) is 0 Å². The smallest absolute Gasteiger partial charge is 0.314 e. The maximum absolute atomic E-state index is 13.2. The zero-order valence-corrected chi connectivity index (χ0v) is 20.1. The summed E-state index contributed by atoms with van der Waals surface area (Å²) < 4.78 is 27.8. The van der Waals surface area contributed by atoms with Gasteiger partial charge in [0.05, 0.1) is 4.90 Å². The largest absolute Gasteiger partial charge is 0.331 e. The molecular formula is C26H27N3O5S. The molecule has 0 saturated carbocycles. The maximum Gasteiger partial charge on any atom is 0.331 e. The first kappa shape index (κ1) is 24.4. The second-order valence-electron chi connectivity index (χ2n) is 8.59. The highest BCUT2D eigenvalue weighted by Crippen LogP contribution is 2.35. The van der Waals surface area contributed by atoms with Crippen molar-refractivity contribution in [2.75, 3.05) is 13.1 Å². The van der Waals surface area contributed by atoms with E-state index in [4.69, 9.17) is 5.21 Å². The van der Waals surface area contributed by atoms with E-state index >= 15 is 0 Å². The Bertz CT molecular complexity index is 1290. The predicted molar refractivity (Wildman–Crippen MR) is 131 cm³/mol. The number of rotatable bonds is 6. The zero-order chi connectivity index (χ0) is 25.0. The van der Waals surface area contributed by atoms with Gasteiger partial charge in [0.2, 0.25) is 0 Å². The molecule has 0 aliphatic heterocycles. The van der Waals surface area contributed by atoms with Gasteiger partial charge in [0.15, 0.2) is 0 Å². The van der Waals surface area contributed by atoms with Crippen molar-refractivity contribution in [3.05, 3.63) is 101 Å². The number of carbonyl (C=O) groups excluding carboxylic acids is 2. The van der Waals surface area contributed by atoms with Crippen LogP contribution >= 0.6 is 0 Å². The summed E-state index contributed by atoms with van der Waals surface area (Å²) in [4.78, 5) is 26.3. The Morgan fingerprint density at radius 3 is 2.00 bits per heavy atom. The van der Waals surface area contributed by atoms with Crippen LogP contribution in [-0.4, -0.2) is 43.6 Å². The van der Waals surface area contributed by atoms with E-state index in [2.05, 4.69) is 4.72 Å². The molecule has 182 valence electrons. The molecule has 0 unspecified atom stereocenters. The first-order valence-electron chi connectivity index (χ1n) is 11.3. The lowest BCUT2D eigenvalue weighted by atomic mass is 9.87. The highest BCUT2D eigenvalue weighted by Gasteiger charge is 2.30. The number of carbonyl (C=O) groups is 2. The molecule has 35 heavy (non-hydrogen) atoms. The van der Waals surface area contributed by atoms with Gasteiger partial charge in [-0.2, -0.15) is 0 Å². The lowest BCUT2D eigenvalue weighted by molar-refractivity contribution is -0.129. The summed E-state index contributed by atoms with van der Waals surface area (Å²) in [5.74, 6) is -1.12. The Morgan fingerprint density at radius 1 is 0.914 bits per heavy atom. The molecule has 0 heterocycles. The fraction of sp³-hybridized carbons (Fsp3) is 0.231. The van der Waals surface area contributed by atoms with Crippen molar-refractivity contribution in [2.24, 2.45) is 0 Å². The van der Waals surface area contributed by atoms with Gasteiger partial charge in [-0.05, 0) is 54.2 Å². The number of benzene rings is 3. The molecule has 3 aromatic carbocycles. The molecule has 3 aromatic rings. The lowest BCUT2D eigenvalue weighted by Gasteiger charge is -2.28. The molecule has 4 rings (SSSR count). The van der Waals surface area contributed by atoms with Crippen LogP contribution < -0.4 is 10.2 Å². The molecule has 0 spiro atoms. The van der Waals surface area contributed by atoms with Crippen molar-refractivity contribution in [1.82, 2.24) is 15.1 Å². The summed E-state index contributed by atoms with van der Waals surface area (Å²) >= 11 is 0. The van der Waals surface area contributed by atoms with Crippen LogP contribution in [0.25, 0.3) is 0 Å². The quantitative estimate of drug-likeness (QED) is 0.360. The van der Waals surface area contributed by atoms with Gasteiger partial charge in [-0.15, -0.1) is 0 Å². The van der Waals surface area contributed by atoms with Gasteiger partial charge in [-0.25, -0.2) is 23.4 Å². The number of hydrogen-bond donors (Lipinski definition) is 3. The number of hydroxylamine groups is 1. The minimum absolute atomic E-state index is 0.0384. The van der Waals surface area contributed by atoms with Crippen molar-refractivity contribution in [3.63, 3.8) is 0 Å². The summed E-state index contributed by atoms with van der Waals surface area (Å²) in [6.07, 6.45) is 1.66. The number of urea groups is 1. The summed E-state index contributed by atoms with van der Waals surface area (Å²) in [7, 11) is -4.17. The van der Waals surface area contributed by atoms with Gasteiger partial charge >= 0.3 is 6.03 Å². The maximum atomic E-state index is 13.2. The fourth-order valence-electron chi connectivity index (χ4n) is 4.44. The molecule has 3 amide bonds. The van der Waals surface area contributed by atoms with Crippen LogP contribution in [0.4, 0.5) is 4.79 Å². The summed E-state index contributed by atoms with van der Waals surface area (Å²) in [6, 6.07) is 21.0. The van der Waals surface area contributed by atoms with E-state index in [1.807, 2.05) is 55.5 Å². The SMILES string of the molecule is Cc1ccc(S(=O)(=O)NC(=O)N(CC(=O)NO)CC2c3ccccc3CCc3ccccc32)cc1. The van der Waals surface area contributed by atoms with Crippen molar-refractivity contribution in [1.29, 1.82) is 0 Å². The number of sulfonamides is 1. The molecule has 0 aromatic heterocycles. The zero-order valence-electron chi connectivity index (χ0n) is 19.3. The lowest BCUT2D eigenvalue weighted by Crippen LogP contribution is -2.48. The third kappa shape index (κ3) is 5.52. The van der Waals surface area contributed by atoms with Crippen LogP contribution in [0.15, 0.2) is 77.7 Å². The fourth-order valence-corrected chi connectivity index (χ4v) is 5.41. The third-order valence-corrected chi connectivity index (χ3v) is 7.56. The molecule has 0 bridgehead atoms. The van der Waals surface area contributed by atoms with Gasteiger partial charge in [-0.1, -0.05) is 66.2 Å². The molecule has 9 heteroatoms. The molecule has 0 radical (unpaired) electrons. The van der Waals surface area contributed by atoms with E-state index in [-0.39, 0.29) is 17.4 Å². The van der Waals surface area contributed by atoms with Gasteiger partial charge in [0.25, 0.3) is 15.9 Å². The van der Waals surface area contributed by atoms with E-state index in [0.29, 0.717) is 0 Å². The van der Waals surface area contributed by atoms with Crippen molar-refractivity contribution >= 4 is 22.0 Å². The Balaban J connectivity index is 1.68. The Morgan fingerprint density at radius 2 is 1.46 bits per heavy atom. The monoisotopic (exact) mass is 493 g/mol. The topological polar surface area (TPSA) is 116 Å². The molecular weight excluding hydrogens is 466 g/mol. The average molecular weight is 494 g/mol. The molecule has 0 saturated heterocycles. The summed E-state index contributed by atoms with van der Waals surface area (Å²) in [5, 5.41) is 9.09. The summed E-state index contributed by atoms with van der Waals surface area (Å²) in [6.45, 7) is 1.34. The third-order valence-electron chi connectivity index (χ3n) is 6.23. The van der Waals surface area contributed by atoms with Crippen LogP contribution in [0.3, 0.4) is 0 Å². The number of hydrogen-bond acceptors (Lipinski definition) is 5. The van der Waals surface area contributed by atoms with Gasteiger partial charge in [0.1, 0.15) is 6.54 Å². The van der Waals surface area contributed by atoms with Crippen LogP contribution in [0, 0.1) is 6.92 Å². The van der Waals surface area contributed by atoms with Crippen molar-refractivity contribution in [2.45, 2.75) is 30.6 Å². The first-order chi connectivity index (χ1) is 16.8. The highest BCUT2D eigenvalue weighted by atomic mass is 32.2. The first-order valence-corrected chi connectivity index (χ1v) is 12.7. The number of nitrogens with one attached hydrogen (secondary N) is 2. The van der Waals surface area contributed by atoms with E-state index < -0.39 is 28.5 Å². The Hall–Kier alpha value is -3.69. The van der Waals surface area contributed by atoms with E-state index in [0.717, 1.165) is 45.6 Å². The van der Waals surface area contributed by atoms with Crippen LogP contribution in [0.1, 0.15) is 33.7 Å². The average Bonchev–Trinajstić information content (AvgIpc) is 3.00. The second kappa shape index (κ2) is 10.3. The standard InChI is InChI=1S/C26H27N3O5S/c1-18-10-14-21(15-11-18)35(33,34)28-26(31)29(17-25(30)27-32)16-24-22-8-4-2-6-19(22)12-13-20-7-3-5-9-23(20)24/h2-11,14-15,24,32H,12-13,16-17H2,1H3,(H,27,30)(H,28,31). The molecule has 0 atom stereocenters. The molecule has 1 aliphatic carbocycles. The van der Waals surface area contributed by atoms with E-state index in [1.54, 1.807) is 12.1 Å². The molecule has 1 aliphatic rings. The normalized spacial score (nSPS) is 13.2. The van der Waals surface area contributed by atoms with Gasteiger partial charge in [0, 0.05) is 12.5 Å². The number of fused-ring (bicyclic) bond motifs is 2. The number of amides is 3. The van der Waals surface area contributed by atoms with Crippen molar-refractivity contribution < 1.29 is 23.2 Å². The van der Waals surface area contributed by atoms with Crippen LogP contribution in [-0.2, 0) is 27.7 Å². The minimum Gasteiger partial charge on any atom is -0.314 e. The number of aryl methyl sites for hydroxylation is 3. The van der Waals surface area contributed by atoms with Crippen molar-refractivity contribution in [3.8, 4) is 0 Å². The van der Waals surface area contributed by atoms with E-state index in [9.17, 15) is 18.0 Å². The van der Waals surface area contributed by atoms with Crippen LogP contribution in [0.2, 0.25) is 0 Å². The minimum atomic E-state index is -4.17. The molecule has 3 N–H and O–H groups in total. The number of nitrogens with zero attached hydrogens (tertiary/aromatic N) is 1. The Labute approximate surface area is 204 Å². The van der Waals surface area contributed by atoms with E-state index in [1.165, 1.54) is 17.6 Å².